The van der Waals surface area contributed by atoms with Crippen LogP contribution in [0.3, 0.4) is 0 Å². The SMILES string of the molecule is COc1ccc(F)nc1CC(=O)O. The number of carboxylic acids is 1. The molecular formula is C8H8FNO3. The van der Waals surface area contributed by atoms with Crippen LogP contribution >= 0.6 is 0 Å². The zero-order valence-electron chi connectivity index (χ0n) is 6.95. The molecule has 1 aromatic rings. The quantitative estimate of drug-likeness (QED) is 0.709. The third-order valence-corrected chi connectivity index (χ3v) is 1.44. The Kier molecular flexibility index (Phi) is 2.79. The van der Waals surface area contributed by atoms with Crippen LogP contribution in [0.15, 0.2) is 12.1 Å². The molecule has 1 aromatic heterocycles. The number of hydrogen-bond donors (Lipinski definition) is 1. The first kappa shape index (κ1) is 9.44. The van der Waals surface area contributed by atoms with Crippen LogP contribution in [0.25, 0.3) is 0 Å². The van der Waals surface area contributed by atoms with Gasteiger partial charge in [0.15, 0.2) is 0 Å². The van der Waals surface area contributed by atoms with Crippen molar-refractivity contribution in [3.05, 3.63) is 23.8 Å². The Labute approximate surface area is 74.0 Å². The van der Waals surface area contributed by atoms with E-state index in [1.807, 2.05) is 0 Å². The minimum atomic E-state index is -1.07. The minimum absolute atomic E-state index is 0.0926. The Bertz CT molecular complexity index is 327. The van der Waals surface area contributed by atoms with Crippen LogP contribution in [0.5, 0.6) is 5.75 Å². The third kappa shape index (κ3) is 2.40. The highest BCUT2D eigenvalue weighted by Crippen LogP contribution is 2.16. The van der Waals surface area contributed by atoms with Gasteiger partial charge in [-0.1, -0.05) is 0 Å². The van der Waals surface area contributed by atoms with Crippen molar-refractivity contribution < 1.29 is 19.0 Å². The second-order valence-corrected chi connectivity index (χ2v) is 2.35. The zero-order chi connectivity index (χ0) is 9.84. The topological polar surface area (TPSA) is 59.4 Å². The first-order chi connectivity index (χ1) is 6.13. The number of carbonyl (C=O) groups is 1. The van der Waals surface area contributed by atoms with Crippen molar-refractivity contribution in [1.29, 1.82) is 0 Å². The van der Waals surface area contributed by atoms with E-state index in [2.05, 4.69) is 4.98 Å². The van der Waals surface area contributed by atoms with Crippen LogP contribution in [0, 0.1) is 5.95 Å². The molecule has 0 saturated heterocycles. The number of aromatic nitrogens is 1. The molecule has 0 aliphatic rings. The molecule has 1 N–H and O–H groups in total. The van der Waals surface area contributed by atoms with Gasteiger partial charge in [-0.05, 0) is 12.1 Å². The molecule has 0 aliphatic carbocycles. The standard InChI is InChI=1S/C8H8FNO3/c1-13-6-2-3-7(9)10-5(6)4-8(11)12/h2-3H,4H2,1H3,(H,11,12). The van der Waals surface area contributed by atoms with Gasteiger partial charge in [0.2, 0.25) is 5.95 Å². The minimum Gasteiger partial charge on any atom is -0.495 e. The van der Waals surface area contributed by atoms with Crippen molar-refractivity contribution in [1.82, 2.24) is 4.98 Å². The molecule has 0 saturated carbocycles. The molecule has 0 fully saturated rings. The van der Waals surface area contributed by atoms with E-state index in [-0.39, 0.29) is 17.9 Å². The summed E-state index contributed by atoms with van der Waals surface area (Å²) >= 11 is 0. The lowest BCUT2D eigenvalue weighted by atomic mass is 10.2. The van der Waals surface area contributed by atoms with Gasteiger partial charge in [0, 0.05) is 0 Å². The Morgan fingerprint density at radius 2 is 2.38 bits per heavy atom. The second kappa shape index (κ2) is 3.84. The van der Waals surface area contributed by atoms with Crippen LogP contribution in [0.4, 0.5) is 4.39 Å². The predicted molar refractivity (Wildman–Crippen MR) is 42.1 cm³/mol. The Balaban J connectivity index is 3.01. The number of hydrogen-bond acceptors (Lipinski definition) is 3. The van der Waals surface area contributed by atoms with Crippen molar-refractivity contribution in [2.24, 2.45) is 0 Å². The molecule has 70 valence electrons. The van der Waals surface area contributed by atoms with Gasteiger partial charge in [-0.3, -0.25) is 4.79 Å². The normalized spacial score (nSPS) is 9.69. The van der Waals surface area contributed by atoms with Crippen LogP contribution in [-0.2, 0) is 11.2 Å². The van der Waals surface area contributed by atoms with E-state index in [9.17, 15) is 9.18 Å². The van der Waals surface area contributed by atoms with E-state index in [4.69, 9.17) is 9.84 Å². The predicted octanol–water partition coefficient (Wildman–Crippen LogP) is 0.856. The van der Waals surface area contributed by atoms with Crippen molar-refractivity contribution >= 4 is 5.97 Å². The van der Waals surface area contributed by atoms with Gasteiger partial charge in [0.05, 0.1) is 19.2 Å². The van der Waals surface area contributed by atoms with E-state index < -0.39 is 11.9 Å². The Morgan fingerprint density at radius 1 is 1.69 bits per heavy atom. The summed E-state index contributed by atoms with van der Waals surface area (Å²) < 4.78 is 17.4. The number of carboxylic acid groups (broad SMARTS) is 1. The molecular weight excluding hydrogens is 177 g/mol. The Morgan fingerprint density at radius 3 is 2.92 bits per heavy atom. The second-order valence-electron chi connectivity index (χ2n) is 2.35. The molecule has 0 bridgehead atoms. The largest absolute Gasteiger partial charge is 0.495 e. The lowest BCUT2D eigenvalue weighted by Gasteiger charge is -2.04. The van der Waals surface area contributed by atoms with Gasteiger partial charge in [0.25, 0.3) is 0 Å². The number of aliphatic carboxylic acids is 1. The van der Waals surface area contributed by atoms with Crippen molar-refractivity contribution in [3.63, 3.8) is 0 Å². The van der Waals surface area contributed by atoms with Crippen LogP contribution in [0.1, 0.15) is 5.69 Å². The average molecular weight is 185 g/mol. The number of pyridine rings is 1. The fraction of sp³-hybridized carbons (Fsp3) is 0.250. The molecule has 5 heteroatoms. The van der Waals surface area contributed by atoms with Crippen molar-refractivity contribution in [3.8, 4) is 5.75 Å². The maximum Gasteiger partial charge on any atom is 0.309 e. The summed E-state index contributed by atoms with van der Waals surface area (Å²) in [6, 6.07) is 2.46. The highest BCUT2D eigenvalue weighted by Gasteiger charge is 2.09. The van der Waals surface area contributed by atoms with Crippen LogP contribution < -0.4 is 4.74 Å². The monoisotopic (exact) mass is 185 g/mol. The van der Waals surface area contributed by atoms with E-state index in [1.54, 1.807) is 0 Å². The summed E-state index contributed by atoms with van der Waals surface area (Å²) in [5.74, 6) is -1.50. The van der Waals surface area contributed by atoms with E-state index in [1.165, 1.54) is 13.2 Å². The molecule has 0 unspecified atom stereocenters. The maximum atomic E-state index is 12.6. The Hall–Kier alpha value is -1.65. The third-order valence-electron chi connectivity index (χ3n) is 1.44. The lowest BCUT2D eigenvalue weighted by Crippen LogP contribution is -2.05. The summed E-state index contributed by atoms with van der Waals surface area (Å²) in [6.07, 6.45) is -0.346. The van der Waals surface area contributed by atoms with Gasteiger partial charge in [-0.25, -0.2) is 4.98 Å². The van der Waals surface area contributed by atoms with Crippen LogP contribution in [0.2, 0.25) is 0 Å². The summed E-state index contributed by atoms with van der Waals surface area (Å²) in [5.41, 5.74) is 0.0926. The molecule has 1 rings (SSSR count). The first-order valence-electron chi connectivity index (χ1n) is 3.54. The lowest BCUT2D eigenvalue weighted by molar-refractivity contribution is -0.136. The average Bonchev–Trinajstić information content (AvgIpc) is 2.03. The fourth-order valence-electron chi connectivity index (χ4n) is 0.918. The number of nitrogens with zero attached hydrogens (tertiary/aromatic N) is 1. The van der Waals surface area contributed by atoms with E-state index >= 15 is 0 Å². The molecule has 1 heterocycles. The van der Waals surface area contributed by atoms with Crippen molar-refractivity contribution in [2.75, 3.05) is 7.11 Å². The number of rotatable bonds is 3. The number of methoxy groups -OCH3 is 1. The molecule has 13 heavy (non-hydrogen) atoms. The summed E-state index contributed by atoms with van der Waals surface area (Å²) in [7, 11) is 1.38. The summed E-state index contributed by atoms with van der Waals surface area (Å²) in [4.78, 5) is 13.7. The van der Waals surface area contributed by atoms with Crippen molar-refractivity contribution in [2.45, 2.75) is 6.42 Å². The molecule has 0 aliphatic heterocycles. The smallest absolute Gasteiger partial charge is 0.309 e. The van der Waals surface area contributed by atoms with E-state index in [0.717, 1.165) is 6.07 Å². The number of halogens is 1. The van der Waals surface area contributed by atoms with Crippen LogP contribution in [-0.4, -0.2) is 23.2 Å². The molecule has 4 nitrogen and oxygen atoms in total. The summed E-state index contributed by atoms with van der Waals surface area (Å²) in [6.45, 7) is 0. The fourth-order valence-corrected chi connectivity index (χ4v) is 0.918. The molecule has 0 spiro atoms. The molecule has 0 radical (unpaired) electrons. The molecule has 0 atom stereocenters. The molecule has 0 aromatic carbocycles. The van der Waals surface area contributed by atoms with Gasteiger partial charge in [-0.15, -0.1) is 0 Å². The van der Waals surface area contributed by atoms with Gasteiger partial charge in [0.1, 0.15) is 5.75 Å². The zero-order valence-corrected chi connectivity index (χ0v) is 6.95. The van der Waals surface area contributed by atoms with Gasteiger partial charge in [-0.2, -0.15) is 4.39 Å². The van der Waals surface area contributed by atoms with Gasteiger partial charge >= 0.3 is 5.97 Å². The highest BCUT2D eigenvalue weighted by atomic mass is 19.1. The van der Waals surface area contributed by atoms with E-state index in [0.29, 0.717) is 0 Å². The number of ether oxygens (including phenoxy) is 1. The first-order valence-corrected chi connectivity index (χ1v) is 3.54. The summed E-state index contributed by atoms with van der Waals surface area (Å²) in [5, 5.41) is 8.46. The molecule has 0 amide bonds. The maximum absolute atomic E-state index is 12.6. The van der Waals surface area contributed by atoms with Gasteiger partial charge < -0.3 is 9.84 Å². The highest BCUT2D eigenvalue weighted by molar-refractivity contribution is 5.70.